The molecule has 3 heteroatoms. The number of pyridine rings is 1. The molecule has 2 atom stereocenters. The van der Waals surface area contributed by atoms with Gasteiger partial charge >= 0.3 is 0 Å². The number of nitrogens with zero attached hydrogens (tertiary/aromatic N) is 1. The van der Waals surface area contributed by atoms with Gasteiger partial charge in [0.15, 0.2) is 0 Å². The van der Waals surface area contributed by atoms with E-state index in [1.165, 1.54) is 5.56 Å². The van der Waals surface area contributed by atoms with E-state index in [1.54, 1.807) is 6.20 Å². The Balaban J connectivity index is 2.17. The molecule has 0 saturated heterocycles. The molecule has 2 aromatic rings. The van der Waals surface area contributed by atoms with Gasteiger partial charge in [0.05, 0.1) is 6.04 Å². The highest BCUT2D eigenvalue weighted by Gasteiger charge is 2.16. The number of rotatable bonds is 7. The van der Waals surface area contributed by atoms with Crippen molar-refractivity contribution in [2.45, 2.75) is 31.8 Å². The first-order chi connectivity index (χ1) is 9.81. The summed E-state index contributed by atoms with van der Waals surface area (Å²) in [6.07, 6.45) is 5.48. The molecule has 3 nitrogen and oxygen atoms in total. The SMILES string of the molecule is CC(CCCO)NC(c1ccccc1)c1cccnc1. The Kier molecular flexibility index (Phi) is 5.71. The molecule has 1 heterocycles. The molecule has 0 aliphatic carbocycles. The van der Waals surface area contributed by atoms with Crippen molar-refractivity contribution in [3.05, 3.63) is 66.0 Å². The second-order valence-electron chi connectivity index (χ2n) is 5.06. The minimum Gasteiger partial charge on any atom is -0.396 e. The quantitative estimate of drug-likeness (QED) is 0.813. The normalized spacial score (nSPS) is 13.9. The molecular formula is C17H22N2O. The Labute approximate surface area is 120 Å². The molecular weight excluding hydrogens is 248 g/mol. The van der Waals surface area contributed by atoms with Gasteiger partial charge in [-0.1, -0.05) is 36.4 Å². The number of aliphatic hydroxyl groups excluding tert-OH is 1. The van der Waals surface area contributed by atoms with Crippen molar-refractivity contribution in [3.63, 3.8) is 0 Å². The van der Waals surface area contributed by atoms with Crippen molar-refractivity contribution in [2.75, 3.05) is 6.61 Å². The molecule has 2 rings (SSSR count). The van der Waals surface area contributed by atoms with Crippen molar-refractivity contribution in [3.8, 4) is 0 Å². The molecule has 0 spiro atoms. The Bertz CT molecular complexity index is 447. The van der Waals surface area contributed by atoms with E-state index in [4.69, 9.17) is 5.11 Å². The molecule has 0 aliphatic rings. The number of benzene rings is 1. The van der Waals surface area contributed by atoms with Gasteiger partial charge in [-0.2, -0.15) is 0 Å². The van der Waals surface area contributed by atoms with Crippen LogP contribution in [0.4, 0.5) is 0 Å². The Hall–Kier alpha value is -1.71. The topological polar surface area (TPSA) is 45.1 Å². The van der Waals surface area contributed by atoms with Crippen LogP contribution >= 0.6 is 0 Å². The van der Waals surface area contributed by atoms with E-state index in [0.29, 0.717) is 6.04 Å². The van der Waals surface area contributed by atoms with Gasteiger partial charge in [-0.3, -0.25) is 4.98 Å². The average molecular weight is 270 g/mol. The predicted molar refractivity (Wildman–Crippen MR) is 81.4 cm³/mol. The second-order valence-corrected chi connectivity index (χ2v) is 5.06. The molecule has 0 fully saturated rings. The van der Waals surface area contributed by atoms with E-state index in [1.807, 2.05) is 18.3 Å². The maximum atomic E-state index is 8.95. The summed E-state index contributed by atoms with van der Waals surface area (Å²) in [5, 5.41) is 12.6. The maximum Gasteiger partial charge on any atom is 0.0593 e. The van der Waals surface area contributed by atoms with Crippen LogP contribution in [0.2, 0.25) is 0 Å². The third-order valence-corrected chi connectivity index (χ3v) is 3.40. The molecule has 2 unspecified atom stereocenters. The van der Waals surface area contributed by atoms with Gasteiger partial charge in [0.2, 0.25) is 0 Å². The fourth-order valence-electron chi connectivity index (χ4n) is 2.34. The van der Waals surface area contributed by atoms with E-state index in [9.17, 15) is 0 Å². The van der Waals surface area contributed by atoms with Gasteiger partial charge in [-0.15, -0.1) is 0 Å². The maximum absolute atomic E-state index is 8.95. The van der Waals surface area contributed by atoms with Crippen LogP contribution in [-0.2, 0) is 0 Å². The van der Waals surface area contributed by atoms with Gasteiger partial charge < -0.3 is 10.4 Å². The largest absolute Gasteiger partial charge is 0.396 e. The highest BCUT2D eigenvalue weighted by atomic mass is 16.2. The van der Waals surface area contributed by atoms with E-state index in [2.05, 4.69) is 47.6 Å². The second kappa shape index (κ2) is 7.78. The molecule has 1 aromatic heterocycles. The van der Waals surface area contributed by atoms with Crippen LogP contribution in [0.5, 0.6) is 0 Å². The average Bonchev–Trinajstić information content (AvgIpc) is 2.52. The van der Waals surface area contributed by atoms with Crippen molar-refractivity contribution in [2.24, 2.45) is 0 Å². The van der Waals surface area contributed by atoms with Crippen LogP contribution in [0.15, 0.2) is 54.9 Å². The molecule has 20 heavy (non-hydrogen) atoms. The summed E-state index contributed by atoms with van der Waals surface area (Å²) in [5.41, 5.74) is 2.39. The number of hydrogen-bond donors (Lipinski definition) is 2. The van der Waals surface area contributed by atoms with Crippen LogP contribution < -0.4 is 5.32 Å². The van der Waals surface area contributed by atoms with Gasteiger partial charge in [0, 0.05) is 25.0 Å². The Morgan fingerprint density at radius 1 is 1.10 bits per heavy atom. The fourth-order valence-corrected chi connectivity index (χ4v) is 2.34. The molecule has 2 N–H and O–H groups in total. The zero-order chi connectivity index (χ0) is 14.2. The van der Waals surface area contributed by atoms with Crippen LogP contribution in [0.25, 0.3) is 0 Å². The molecule has 0 radical (unpaired) electrons. The van der Waals surface area contributed by atoms with Crippen LogP contribution in [-0.4, -0.2) is 22.7 Å². The van der Waals surface area contributed by atoms with Crippen molar-refractivity contribution in [1.29, 1.82) is 0 Å². The summed E-state index contributed by atoms with van der Waals surface area (Å²) >= 11 is 0. The van der Waals surface area contributed by atoms with Crippen molar-refractivity contribution in [1.82, 2.24) is 10.3 Å². The van der Waals surface area contributed by atoms with E-state index in [0.717, 1.165) is 18.4 Å². The summed E-state index contributed by atoms with van der Waals surface area (Å²) in [5.74, 6) is 0. The molecule has 0 bridgehead atoms. The van der Waals surface area contributed by atoms with Crippen molar-refractivity contribution < 1.29 is 5.11 Å². The van der Waals surface area contributed by atoms with E-state index >= 15 is 0 Å². The zero-order valence-corrected chi connectivity index (χ0v) is 11.9. The summed E-state index contributed by atoms with van der Waals surface area (Å²) < 4.78 is 0. The highest BCUT2D eigenvalue weighted by molar-refractivity contribution is 5.30. The highest BCUT2D eigenvalue weighted by Crippen LogP contribution is 2.22. The molecule has 0 amide bonds. The van der Waals surface area contributed by atoms with Gasteiger partial charge in [-0.05, 0) is 37.0 Å². The minimum atomic E-state index is 0.138. The number of aromatic nitrogens is 1. The van der Waals surface area contributed by atoms with Crippen molar-refractivity contribution >= 4 is 0 Å². The fraction of sp³-hybridized carbons (Fsp3) is 0.353. The first-order valence-corrected chi connectivity index (χ1v) is 7.13. The lowest BCUT2D eigenvalue weighted by atomic mass is 9.98. The van der Waals surface area contributed by atoms with E-state index < -0.39 is 0 Å². The standard InChI is InChI=1S/C17H22N2O/c1-14(7-6-12-20)19-17(15-8-3-2-4-9-15)16-10-5-11-18-13-16/h2-5,8-11,13-14,17,19-20H,6-7,12H2,1H3. The summed E-state index contributed by atoms with van der Waals surface area (Å²) in [4.78, 5) is 4.22. The van der Waals surface area contributed by atoms with Gasteiger partial charge in [0.25, 0.3) is 0 Å². The predicted octanol–water partition coefficient (Wildman–Crippen LogP) is 2.92. The first-order valence-electron chi connectivity index (χ1n) is 7.13. The lowest BCUT2D eigenvalue weighted by Gasteiger charge is -2.24. The molecule has 106 valence electrons. The Morgan fingerprint density at radius 3 is 2.50 bits per heavy atom. The number of aliphatic hydroxyl groups is 1. The monoisotopic (exact) mass is 270 g/mol. The van der Waals surface area contributed by atoms with Crippen LogP contribution in [0.1, 0.15) is 36.9 Å². The third-order valence-electron chi connectivity index (χ3n) is 3.40. The van der Waals surface area contributed by atoms with Crippen LogP contribution in [0, 0.1) is 0 Å². The third kappa shape index (κ3) is 4.15. The number of hydrogen-bond acceptors (Lipinski definition) is 3. The Morgan fingerprint density at radius 2 is 1.85 bits per heavy atom. The number of nitrogens with one attached hydrogen (secondary N) is 1. The molecule has 1 aromatic carbocycles. The zero-order valence-electron chi connectivity index (χ0n) is 11.9. The summed E-state index contributed by atoms with van der Waals surface area (Å²) in [7, 11) is 0. The lowest BCUT2D eigenvalue weighted by Crippen LogP contribution is -2.31. The smallest absolute Gasteiger partial charge is 0.0593 e. The summed E-state index contributed by atoms with van der Waals surface area (Å²) in [6, 6.07) is 14.9. The van der Waals surface area contributed by atoms with E-state index in [-0.39, 0.29) is 12.6 Å². The lowest BCUT2D eigenvalue weighted by molar-refractivity contribution is 0.275. The molecule has 0 aliphatic heterocycles. The van der Waals surface area contributed by atoms with Crippen LogP contribution in [0.3, 0.4) is 0 Å². The van der Waals surface area contributed by atoms with Gasteiger partial charge in [0.1, 0.15) is 0 Å². The first kappa shape index (κ1) is 14.7. The summed E-state index contributed by atoms with van der Waals surface area (Å²) in [6.45, 7) is 2.40. The molecule has 0 saturated carbocycles. The minimum absolute atomic E-state index is 0.138. The van der Waals surface area contributed by atoms with Gasteiger partial charge in [-0.25, -0.2) is 0 Å².